The maximum Gasteiger partial charge on any atom is 0.267 e. The molecule has 8 heteroatoms. The van der Waals surface area contributed by atoms with Gasteiger partial charge in [0.2, 0.25) is 5.60 Å². The van der Waals surface area contributed by atoms with Crippen LogP contribution in [0.5, 0.6) is 0 Å². The number of hydrogen-bond donors (Lipinski definition) is 1. The van der Waals surface area contributed by atoms with E-state index in [0.29, 0.717) is 18.8 Å². The summed E-state index contributed by atoms with van der Waals surface area (Å²) in [5.41, 5.74) is 0.697. The zero-order valence-electron chi connectivity index (χ0n) is 12.4. The highest BCUT2D eigenvalue weighted by atomic mass is 16.7. The fraction of sp³-hybridized carbons (Fsp3) is 0.357. The SMILES string of the molecule is CC1=NO[C@@](C)(C(=O)NCc2cccnc2-n2cncn2)C1. The fourth-order valence-corrected chi connectivity index (χ4v) is 2.31. The predicted octanol–water partition coefficient (Wildman–Crippen LogP) is 0.833. The molecule has 1 aliphatic heterocycles. The third-order valence-electron chi connectivity index (χ3n) is 3.42. The first kappa shape index (κ1) is 14.2. The van der Waals surface area contributed by atoms with Gasteiger partial charge in [-0.2, -0.15) is 5.10 Å². The summed E-state index contributed by atoms with van der Waals surface area (Å²) in [6.07, 6.45) is 5.15. The molecule has 0 saturated heterocycles. The smallest absolute Gasteiger partial charge is 0.267 e. The second-order valence-electron chi connectivity index (χ2n) is 5.33. The van der Waals surface area contributed by atoms with Crippen molar-refractivity contribution in [2.45, 2.75) is 32.4 Å². The summed E-state index contributed by atoms with van der Waals surface area (Å²) in [5.74, 6) is 0.423. The first-order chi connectivity index (χ1) is 10.6. The van der Waals surface area contributed by atoms with Gasteiger partial charge in [-0.3, -0.25) is 4.79 Å². The number of rotatable bonds is 4. The highest BCUT2D eigenvalue weighted by molar-refractivity contribution is 5.94. The summed E-state index contributed by atoms with van der Waals surface area (Å²) in [5, 5.41) is 10.8. The Morgan fingerprint density at radius 3 is 3.09 bits per heavy atom. The van der Waals surface area contributed by atoms with Gasteiger partial charge in [-0.15, -0.1) is 0 Å². The van der Waals surface area contributed by atoms with Crippen LogP contribution in [0, 0.1) is 0 Å². The topological polar surface area (TPSA) is 94.3 Å². The van der Waals surface area contributed by atoms with Crippen LogP contribution >= 0.6 is 0 Å². The van der Waals surface area contributed by atoms with Gasteiger partial charge in [0.25, 0.3) is 5.91 Å². The lowest BCUT2D eigenvalue weighted by atomic mass is 9.99. The van der Waals surface area contributed by atoms with E-state index in [1.165, 1.54) is 6.33 Å². The van der Waals surface area contributed by atoms with Crippen molar-refractivity contribution in [2.75, 3.05) is 0 Å². The van der Waals surface area contributed by atoms with Gasteiger partial charge >= 0.3 is 0 Å². The number of carbonyl (C=O) groups is 1. The maximum atomic E-state index is 12.3. The predicted molar refractivity (Wildman–Crippen MR) is 78.2 cm³/mol. The molecule has 114 valence electrons. The van der Waals surface area contributed by atoms with Crippen molar-refractivity contribution in [1.82, 2.24) is 25.1 Å². The summed E-state index contributed by atoms with van der Waals surface area (Å²) < 4.78 is 1.56. The minimum absolute atomic E-state index is 0.207. The number of pyridine rings is 1. The quantitative estimate of drug-likeness (QED) is 0.902. The minimum Gasteiger partial charge on any atom is -0.379 e. The van der Waals surface area contributed by atoms with Crippen LogP contribution in [0.1, 0.15) is 25.8 Å². The second-order valence-corrected chi connectivity index (χ2v) is 5.33. The lowest BCUT2D eigenvalue weighted by molar-refractivity contribution is -0.141. The minimum atomic E-state index is -0.945. The Morgan fingerprint density at radius 2 is 2.41 bits per heavy atom. The molecule has 1 aliphatic rings. The number of aromatic nitrogens is 4. The van der Waals surface area contributed by atoms with Gasteiger partial charge in [0.15, 0.2) is 5.82 Å². The molecule has 8 nitrogen and oxygen atoms in total. The van der Waals surface area contributed by atoms with E-state index in [9.17, 15) is 4.79 Å². The molecule has 3 rings (SSSR count). The van der Waals surface area contributed by atoms with E-state index in [-0.39, 0.29) is 5.91 Å². The molecule has 0 aromatic carbocycles. The molecular weight excluding hydrogens is 284 g/mol. The molecule has 1 amide bonds. The highest BCUT2D eigenvalue weighted by Gasteiger charge is 2.40. The van der Waals surface area contributed by atoms with E-state index in [1.807, 2.05) is 19.1 Å². The third kappa shape index (κ3) is 2.67. The van der Waals surface area contributed by atoms with Crippen molar-refractivity contribution >= 4 is 11.6 Å². The average Bonchev–Trinajstić information content (AvgIpc) is 3.16. The molecule has 0 saturated carbocycles. The standard InChI is InChI=1S/C14H16N6O2/c1-10-6-14(2,22-19-10)13(21)17-7-11-4-3-5-16-12(11)20-9-15-8-18-20/h3-5,8-9H,6-7H2,1-2H3,(H,17,21)/t14-/m1/s1. The molecule has 3 heterocycles. The van der Waals surface area contributed by atoms with Crippen LogP contribution in [0.2, 0.25) is 0 Å². The Kier molecular flexibility index (Phi) is 3.58. The Hall–Kier alpha value is -2.77. The highest BCUT2D eigenvalue weighted by Crippen LogP contribution is 2.23. The molecule has 2 aromatic heterocycles. The number of nitrogens with one attached hydrogen (secondary N) is 1. The molecule has 0 unspecified atom stereocenters. The van der Waals surface area contributed by atoms with Crippen LogP contribution in [-0.2, 0) is 16.2 Å². The number of nitrogens with zero attached hydrogens (tertiary/aromatic N) is 5. The first-order valence-corrected chi connectivity index (χ1v) is 6.87. The molecule has 0 radical (unpaired) electrons. The van der Waals surface area contributed by atoms with Gasteiger partial charge < -0.3 is 10.2 Å². The van der Waals surface area contributed by atoms with Crippen LogP contribution < -0.4 is 5.32 Å². The average molecular weight is 300 g/mol. The maximum absolute atomic E-state index is 12.3. The van der Waals surface area contributed by atoms with Gasteiger partial charge in [-0.05, 0) is 19.9 Å². The van der Waals surface area contributed by atoms with Gasteiger partial charge in [-0.25, -0.2) is 14.6 Å². The number of carbonyl (C=O) groups excluding carboxylic acids is 1. The van der Waals surface area contributed by atoms with Crippen molar-refractivity contribution in [1.29, 1.82) is 0 Å². The lowest BCUT2D eigenvalue weighted by Gasteiger charge is -2.20. The van der Waals surface area contributed by atoms with Crippen molar-refractivity contribution in [2.24, 2.45) is 5.16 Å². The zero-order valence-corrected chi connectivity index (χ0v) is 12.4. The molecule has 2 aromatic rings. The summed E-state index contributed by atoms with van der Waals surface area (Å²) in [7, 11) is 0. The van der Waals surface area contributed by atoms with Crippen molar-refractivity contribution in [3.8, 4) is 5.82 Å². The first-order valence-electron chi connectivity index (χ1n) is 6.87. The number of amides is 1. The van der Waals surface area contributed by atoms with E-state index >= 15 is 0 Å². The fourth-order valence-electron chi connectivity index (χ4n) is 2.31. The molecular formula is C14H16N6O2. The van der Waals surface area contributed by atoms with Crippen LogP contribution in [-0.4, -0.2) is 37.0 Å². The summed E-state index contributed by atoms with van der Waals surface area (Å²) >= 11 is 0. The molecule has 0 spiro atoms. The van der Waals surface area contributed by atoms with Crippen molar-refractivity contribution < 1.29 is 9.63 Å². The van der Waals surface area contributed by atoms with Crippen LogP contribution in [0.3, 0.4) is 0 Å². The monoisotopic (exact) mass is 300 g/mol. The normalized spacial score (nSPS) is 20.4. The van der Waals surface area contributed by atoms with E-state index in [4.69, 9.17) is 4.84 Å². The number of hydrogen-bond acceptors (Lipinski definition) is 6. The Labute approximate surface area is 127 Å². The van der Waals surface area contributed by atoms with Gasteiger partial charge in [0, 0.05) is 24.7 Å². The van der Waals surface area contributed by atoms with Crippen LogP contribution in [0.4, 0.5) is 0 Å². The molecule has 0 aliphatic carbocycles. The van der Waals surface area contributed by atoms with Gasteiger partial charge in [0.05, 0.1) is 5.71 Å². The zero-order chi connectivity index (χ0) is 15.6. The van der Waals surface area contributed by atoms with E-state index in [1.54, 1.807) is 24.1 Å². The molecule has 1 atom stereocenters. The van der Waals surface area contributed by atoms with Crippen LogP contribution in [0.15, 0.2) is 36.1 Å². The largest absolute Gasteiger partial charge is 0.379 e. The van der Waals surface area contributed by atoms with E-state index < -0.39 is 5.60 Å². The second kappa shape index (κ2) is 5.55. The van der Waals surface area contributed by atoms with Gasteiger partial charge in [-0.1, -0.05) is 11.2 Å². The van der Waals surface area contributed by atoms with E-state index in [2.05, 4.69) is 25.5 Å². The lowest BCUT2D eigenvalue weighted by Crippen LogP contribution is -2.44. The molecule has 0 bridgehead atoms. The Balaban J connectivity index is 1.71. The summed E-state index contributed by atoms with van der Waals surface area (Å²) in [4.78, 5) is 25.7. The Bertz CT molecular complexity index is 712. The summed E-state index contributed by atoms with van der Waals surface area (Å²) in [6.45, 7) is 3.88. The van der Waals surface area contributed by atoms with Crippen molar-refractivity contribution in [3.05, 3.63) is 36.5 Å². The third-order valence-corrected chi connectivity index (χ3v) is 3.42. The van der Waals surface area contributed by atoms with Gasteiger partial charge in [0.1, 0.15) is 12.7 Å². The molecule has 1 N–H and O–H groups in total. The molecule has 22 heavy (non-hydrogen) atoms. The summed E-state index contributed by atoms with van der Waals surface area (Å²) in [6, 6.07) is 3.69. The molecule has 0 fully saturated rings. The van der Waals surface area contributed by atoms with Crippen molar-refractivity contribution in [3.63, 3.8) is 0 Å². The van der Waals surface area contributed by atoms with E-state index in [0.717, 1.165) is 11.3 Å². The number of oxime groups is 1. The van der Waals surface area contributed by atoms with Crippen LogP contribution in [0.25, 0.3) is 5.82 Å². The Morgan fingerprint density at radius 1 is 1.55 bits per heavy atom.